The number of benzene rings is 3. The number of nitrogens with one attached hydrogen (secondary N) is 2. The summed E-state index contributed by atoms with van der Waals surface area (Å²) in [5.41, 5.74) is 0.609. The molecule has 370 valence electrons. The molecule has 3 rings (SSSR count). The number of anilines is 3. The number of ether oxygens (including phenoxy) is 13. The number of alkyl halides is 3. The van der Waals surface area contributed by atoms with Crippen molar-refractivity contribution in [2.75, 3.05) is 169 Å². The summed E-state index contributed by atoms with van der Waals surface area (Å²) in [6.45, 7) is 11.1. The molecule has 3 aromatic rings. The summed E-state index contributed by atoms with van der Waals surface area (Å²) in [4.78, 5) is 23.7. The number of halogens is 3. The van der Waals surface area contributed by atoms with E-state index in [0.717, 1.165) is 17.8 Å². The third kappa shape index (κ3) is 28.6. The second-order valence-electron chi connectivity index (χ2n) is 13.7. The summed E-state index contributed by atoms with van der Waals surface area (Å²) in [5, 5.41) is 5.56. The fourth-order valence-electron chi connectivity index (χ4n) is 5.33. The van der Waals surface area contributed by atoms with Gasteiger partial charge in [0.1, 0.15) is 19.0 Å². The second-order valence-corrected chi connectivity index (χ2v) is 13.7. The molecule has 2 N–H and O–H groups in total. The van der Waals surface area contributed by atoms with Gasteiger partial charge in [0.15, 0.2) is 0 Å². The van der Waals surface area contributed by atoms with Crippen molar-refractivity contribution in [2.24, 2.45) is 0 Å². The predicted molar refractivity (Wildman–Crippen MR) is 237 cm³/mol. The largest absolute Gasteiger partial charge is 0.491 e. The van der Waals surface area contributed by atoms with E-state index in [1.807, 2.05) is 0 Å². The van der Waals surface area contributed by atoms with Gasteiger partial charge in [0.05, 0.1) is 162 Å². The Labute approximate surface area is 384 Å². The van der Waals surface area contributed by atoms with Crippen LogP contribution in [0.2, 0.25) is 0 Å². The van der Waals surface area contributed by atoms with E-state index >= 15 is 0 Å². The molecular formula is C46H65F3N2O15. The van der Waals surface area contributed by atoms with Gasteiger partial charge in [-0.25, -0.2) is 4.79 Å². The Hall–Kier alpha value is -4.45. The average molecular weight is 943 g/mol. The summed E-state index contributed by atoms with van der Waals surface area (Å²) in [7, 11) is 0. The minimum absolute atomic E-state index is 0.00931. The predicted octanol–water partition coefficient (Wildman–Crippen LogP) is 5.83. The van der Waals surface area contributed by atoms with Gasteiger partial charge in [-0.2, -0.15) is 13.2 Å². The van der Waals surface area contributed by atoms with E-state index < -0.39 is 17.7 Å². The average Bonchev–Trinajstić information content (AvgIpc) is 3.30. The maximum Gasteiger partial charge on any atom is 0.416 e. The SMILES string of the molecule is CC(=O)Nc1ccc(OCCOCCOCCOCCOCCOCCOCCOCCOCCOCCOCCOCCOC(=O)c2ccccc2Nc2cccc(C(F)(F)F)c2)cc1. The van der Waals surface area contributed by atoms with Gasteiger partial charge in [-0.05, 0) is 54.6 Å². The molecule has 0 atom stereocenters. The Morgan fingerprint density at radius 3 is 1.26 bits per heavy atom. The Bertz CT molecular complexity index is 1690. The minimum Gasteiger partial charge on any atom is -0.491 e. The van der Waals surface area contributed by atoms with Gasteiger partial charge in [-0.1, -0.05) is 18.2 Å². The van der Waals surface area contributed by atoms with Gasteiger partial charge in [0, 0.05) is 18.3 Å². The smallest absolute Gasteiger partial charge is 0.416 e. The topological polar surface area (TPSA) is 178 Å². The maximum atomic E-state index is 13.1. The van der Waals surface area contributed by atoms with Crippen LogP contribution in [-0.4, -0.2) is 170 Å². The first-order chi connectivity index (χ1) is 32.2. The molecule has 0 unspecified atom stereocenters. The molecule has 0 aliphatic carbocycles. The highest BCUT2D eigenvalue weighted by atomic mass is 19.4. The lowest BCUT2D eigenvalue weighted by Crippen LogP contribution is -2.16. The van der Waals surface area contributed by atoms with E-state index in [0.29, 0.717) is 157 Å². The Morgan fingerprint density at radius 2 is 0.848 bits per heavy atom. The molecule has 0 heterocycles. The number of carbonyl (C=O) groups excluding carboxylic acids is 2. The normalized spacial score (nSPS) is 11.5. The van der Waals surface area contributed by atoms with Gasteiger partial charge < -0.3 is 72.2 Å². The highest BCUT2D eigenvalue weighted by Gasteiger charge is 2.30. The van der Waals surface area contributed by atoms with Gasteiger partial charge in [0.25, 0.3) is 0 Å². The van der Waals surface area contributed by atoms with E-state index in [1.165, 1.54) is 25.1 Å². The highest BCUT2D eigenvalue weighted by Crippen LogP contribution is 2.32. The number of amides is 1. The molecule has 0 spiro atoms. The summed E-state index contributed by atoms with van der Waals surface area (Å²) in [5.74, 6) is -0.0512. The molecule has 3 aromatic carbocycles. The Kier molecular flexibility index (Phi) is 31.0. The van der Waals surface area contributed by atoms with E-state index in [2.05, 4.69) is 10.6 Å². The zero-order valence-corrected chi connectivity index (χ0v) is 37.7. The quantitative estimate of drug-likeness (QED) is 0.0513. The van der Waals surface area contributed by atoms with E-state index in [1.54, 1.807) is 42.5 Å². The van der Waals surface area contributed by atoms with Crippen LogP contribution in [0.5, 0.6) is 5.75 Å². The van der Waals surface area contributed by atoms with Crippen LogP contribution >= 0.6 is 0 Å². The molecule has 0 radical (unpaired) electrons. The van der Waals surface area contributed by atoms with Gasteiger partial charge in [0.2, 0.25) is 5.91 Å². The van der Waals surface area contributed by atoms with Crippen molar-refractivity contribution >= 4 is 28.9 Å². The lowest BCUT2D eigenvalue weighted by molar-refractivity contribution is -0.137. The lowest BCUT2D eigenvalue weighted by Gasteiger charge is -2.13. The summed E-state index contributed by atoms with van der Waals surface area (Å²) >= 11 is 0. The first-order valence-electron chi connectivity index (χ1n) is 21.8. The second kappa shape index (κ2) is 36.6. The molecular weight excluding hydrogens is 877 g/mol. The zero-order chi connectivity index (χ0) is 47.2. The summed E-state index contributed by atoms with van der Waals surface area (Å²) in [6.07, 6.45) is -4.48. The van der Waals surface area contributed by atoms with Crippen LogP contribution in [0.3, 0.4) is 0 Å². The number of hydrogen-bond donors (Lipinski definition) is 2. The van der Waals surface area contributed by atoms with Crippen molar-refractivity contribution in [2.45, 2.75) is 13.1 Å². The molecule has 0 aliphatic heterocycles. The van der Waals surface area contributed by atoms with E-state index in [4.69, 9.17) is 61.6 Å². The van der Waals surface area contributed by atoms with Crippen LogP contribution in [-0.2, 0) is 67.8 Å². The van der Waals surface area contributed by atoms with Crippen LogP contribution in [0.25, 0.3) is 0 Å². The van der Waals surface area contributed by atoms with Crippen molar-refractivity contribution in [3.63, 3.8) is 0 Å². The van der Waals surface area contributed by atoms with Crippen LogP contribution in [0.15, 0.2) is 72.8 Å². The van der Waals surface area contributed by atoms with E-state index in [-0.39, 0.29) is 30.4 Å². The number of para-hydroxylation sites is 1. The third-order valence-corrected chi connectivity index (χ3v) is 8.47. The molecule has 0 bridgehead atoms. The first-order valence-corrected chi connectivity index (χ1v) is 21.8. The number of rotatable bonds is 41. The zero-order valence-electron chi connectivity index (χ0n) is 37.7. The summed E-state index contributed by atoms with van der Waals surface area (Å²) < 4.78 is 110. The Morgan fingerprint density at radius 1 is 0.455 bits per heavy atom. The van der Waals surface area contributed by atoms with Crippen molar-refractivity contribution < 1.29 is 84.3 Å². The fourth-order valence-corrected chi connectivity index (χ4v) is 5.33. The van der Waals surface area contributed by atoms with Crippen molar-refractivity contribution in [3.05, 3.63) is 83.9 Å². The van der Waals surface area contributed by atoms with Crippen LogP contribution in [0.4, 0.5) is 30.2 Å². The van der Waals surface area contributed by atoms with Crippen LogP contribution < -0.4 is 15.4 Å². The fraction of sp³-hybridized carbons (Fsp3) is 0.565. The van der Waals surface area contributed by atoms with E-state index in [9.17, 15) is 22.8 Å². The van der Waals surface area contributed by atoms with Crippen molar-refractivity contribution in [3.8, 4) is 5.75 Å². The molecule has 17 nitrogen and oxygen atoms in total. The van der Waals surface area contributed by atoms with Crippen molar-refractivity contribution in [1.29, 1.82) is 0 Å². The highest BCUT2D eigenvalue weighted by molar-refractivity contribution is 5.96. The molecule has 1 amide bonds. The number of carbonyl (C=O) groups is 2. The monoisotopic (exact) mass is 942 g/mol. The molecule has 0 aliphatic rings. The lowest BCUT2D eigenvalue weighted by atomic mass is 10.1. The molecule has 0 saturated carbocycles. The Balaban J connectivity index is 0.954. The van der Waals surface area contributed by atoms with Crippen LogP contribution in [0, 0.1) is 0 Å². The molecule has 20 heteroatoms. The van der Waals surface area contributed by atoms with Gasteiger partial charge in [-0.3, -0.25) is 4.79 Å². The van der Waals surface area contributed by atoms with Crippen molar-refractivity contribution in [1.82, 2.24) is 0 Å². The first kappa shape index (κ1) is 55.9. The van der Waals surface area contributed by atoms with Gasteiger partial charge >= 0.3 is 12.1 Å². The minimum atomic E-state index is -4.48. The molecule has 0 saturated heterocycles. The maximum absolute atomic E-state index is 13.1. The number of hydrogen-bond acceptors (Lipinski definition) is 16. The molecule has 0 fully saturated rings. The third-order valence-electron chi connectivity index (χ3n) is 8.47. The standard InChI is InChI=1S/C46H65F3N2O15/c1-38(52)50-40-9-11-42(12-10-40)65-35-33-63-31-29-61-27-25-59-23-21-57-19-17-55-15-13-54-14-16-56-18-20-58-22-24-60-26-28-62-30-32-64-34-36-66-45(53)43-7-2-3-8-44(43)51-41-6-4-5-39(37-41)46(47,48)49/h2-12,37,51H,13-36H2,1H3,(H,50,52). The summed E-state index contributed by atoms with van der Waals surface area (Å²) in [6, 6.07) is 18.2. The van der Waals surface area contributed by atoms with Gasteiger partial charge in [-0.15, -0.1) is 0 Å². The molecule has 0 aromatic heterocycles. The number of esters is 1. The van der Waals surface area contributed by atoms with Crippen LogP contribution in [0.1, 0.15) is 22.8 Å². The molecule has 66 heavy (non-hydrogen) atoms.